The Morgan fingerprint density at radius 1 is 1.03 bits per heavy atom. The molecule has 2 bridgehead atoms. The lowest BCUT2D eigenvalue weighted by Crippen LogP contribution is -2.47. The molecule has 12 heteroatoms. The average Bonchev–Trinajstić information content (AvgIpc) is 3.13. The van der Waals surface area contributed by atoms with E-state index < -0.39 is 24.7 Å². The molecule has 2 amide bonds. The van der Waals surface area contributed by atoms with Crippen LogP contribution in [0.5, 0.6) is 0 Å². The zero-order valence-corrected chi connectivity index (χ0v) is 21.1. The number of fused-ring (bicyclic) bond motifs is 2. The highest BCUT2D eigenvalue weighted by Gasteiger charge is 2.41. The van der Waals surface area contributed by atoms with E-state index in [1.807, 2.05) is 12.1 Å². The molecule has 4 N–H and O–H groups in total. The second kappa shape index (κ2) is 13.0. The third-order valence-corrected chi connectivity index (χ3v) is 7.17. The highest BCUT2D eigenvalue weighted by Crippen LogP contribution is 2.43. The number of hydrogen-bond acceptors (Lipinski definition) is 5. The van der Waals surface area contributed by atoms with E-state index in [0.717, 1.165) is 37.8 Å². The van der Waals surface area contributed by atoms with E-state index in [0.29, 0.717) is 36.7 Å². The monoisotopic (exact) mass is 553 g/mol. The van der Waals surface area contributed by atoms with Crippen molar-refractivity contribution in [3.63, 3.8) is 0 Å². The molecule has 2 aliphatic rings. The van der Waals surface area contributed by atoms with Gasteiger partial charge in [0.2, 0.25) is 11.8 Å². The summed E-state index contributed by atoms with van der Waals surface area (Å²) in [6.07, 6.45) is -0.791. The SMILES string of the molecule is NC(=O)c1cccc(C2CC3CCC(C2)N3CCN(Cc2ccc(F)cc2)C(=O)CO)c1.O=C(O)C(F)(F)F. The smallest absolute Gasteiger partial charge is 0.475 e. The number of carboxylic acid groups (broad SMARTS) is 1. The zero-order valence-electron chi connectivity index (χ0n) is 21.1. The van der Waals surface area contributed by atoms with Crippen LogP contribution in [0, 0.1) is 5.82 Å². The first-order valence-electron chi connectivity index (χ1n) is 12.5. The van der Waals surface area contributed by atoms with Gasteiger partial charge in [0.15, 0.2) is 0 Å². The number of carbonyl (C=O) groups is 3. The Morgan fingerprint density at radius 2 is 1.62 bits per heavy atom. The third-order valence-electron chi connectivity index (χ3n) is 7.17. The van der Waals surface area contributed by atoms with Gasteiger partial charge < -0.3 is 20.8 Å². The molecule has 0 aliphatic carbocycles. The largest absolute Gasteiger partial charge is 0.490 e. The molecule has 4 rings (SSSR count). The molecule has 2 aromatic rings. The Hall–Kier alpha value is -3.51. The van der Waals surface area contributed by atoms with Gasteiger partial charge in [-0.3, -0.25) is 14.5 Å². The molecule has 39 heavy (non-hydrogen) atoms. The van der Waals surface area contributed by atoms with Crippen LogP contribution in [-0.2, 0) is 16.1 Å². The number of rotatable bonds is 8. The van der Waals surface area contributed by atoms with Gasteiger partial charge in [0.1, 0.15) is 12.4 Å². The van der Waals surface area contributed by atoms with Crippen molar-refractivity contribution in [2.24, 2.45) is 5.73 Å². The van der Waals surface area contributed by atoms with Crippen LogP contribution in [-0.4, -0.2) is 75.8 Å². The van der Waals surface area contributed by atoms with Crippen LogP contribution in [0.1, 0.15) is 53.1 Å². The van der Waals surface area contributed by atoms with Gasteiger partial charge in [0.05, 0.1) is 0 Å². The standard InChI is InChI=1S/C25H30FN3O3.C2HF3O2/c26-21-6-4-17(5-7-21)15-28(24(31)16-30)10-11-29-22-8-9-23(29)14-20(13-22)18-2-1-3-19(12-18)25(27)32;3-2(4,5)1(6)7/h1-7,12,20,22-23,30H,8-11,13-16H2,(H2,27,32);(H,6,7). The molecule has 2 heterocycles. The normalized spacial score (nSPS) is 20.6. The second-order valence-electron chi connectivity index (χ2n) is 9.68. The number of aliphatic hydroxyl groups excluding tert-OH is 1. The fraction of sp³-hybridized carbons (Fsp3) is 0.444. The van der Waals surface area contributed by atoms with Crippen LogP contribution in [0.2, 0.25) is 0 Å². The number of nitrogens with zero attached hydrogens (tertiary/aromatic N) is 2. The van der Waals surface area contributed by atoms with Crippen molar-refractivity contribution in [1.29, 1.82) is 0 Å². The number of benzene rings is 2. The van der Waals surface area contributed by atoms with Crippen molar-refractivity contribution < 1.29 is 42.2 Å². The minimum absolute atomic E-state index is 0.311. The van der Waals surface area contributed by atoms with E-state index in [-0.39, 0.29) is 11.7 Å². The Labute approximate surface area is 223 Å². The van der Waals surface area contributed by atoms with Crippen molar-refractivity contribution in [1.82, 2.24) is 9.80 Å². The molecule has 0 spiro atoms. The first-order chi connectivity index (χ1) is 18.4. The molecule has 0 saturated carbocycles. The molecule has 2 fully saturated rings. The Morgan fingerprint density at radius 3 is 2.13 bits per heavy atom. The lowest BCUT2D eigenvalue weighted by atomic mass is 9.84. The number of amides is 2. The molecule has 2 aliphatic heterocycles. The van der Waals surface area contributed by atoms with E-state index in [2.05, 4.69) is 11.0 Å². The van der Waals surface area contributed by atoms with Gasteiger partial charge in [-0.15, -0.1) is 0 Å². The Balaban J connectivity index is 0.000000532. The van der Waals surface area contributed by atoms with Gasteiger partial charge in [-0.1, -0.05) is 24.3 Å². The molecule has 2 unspecified atom stereocenters. The van der Waals surface area contributed by atoms with Gasteiger partial charge in [-0.2, -0.15) is 13.2 Å². The Kier molecular flexibility index (Phi) is 10.0. The van der Waals surface area contributed by atoms with Crippen LogP contribution in [0.4, 0.5) is 17.6 Å². The molecular formula is C27H31F4N3O5. The molecule has 2 atom stereocenters. The lowest BCUT2D eigenvalue weighted by molar-refractivity contribution is -0.192. The lowest BCUT2D eigenvalue weighted by Gasteiger charge is -2.40. The summed E-state index contributed by atoms with van der Waals surface area (Å²) in [4.78, 5) is 36.9. The minimum Gasteiger partial charge on any atom is -0.475 e. The summed E-state index contributed by atoms with van der Waals surface area (Å²) in [5, 5.41) is 16.5. The molecule has 212 valence electrons. The Bertz CT molecular complexity index is 1140. The van der Waals surface area contributed by atoms with Gasteiger partial charge >= 0.3 is 12.1 Å². The molecule has 8 nitrogen and oxygen atoms in total. The summed E-state index contributed by atoms with van der Waals surface area (Å²) in [6.45, 7) is 1.08. The average molecular weight is 554 g/mol. The summed E-state index contributed by atoms with van der Waals surface area (Å²) < 4.78 is 44.9. The number of alkyl halides is 3. The number of hydrogen-bond donors (Lipinski definition) is 3. The maximum atomic E-state index is 13.2. The number of aliphatic carboxylic acids is 1. The van der Waals surface area contributed by atoms with Gasteiger partial charge in [-0.25, -0.2) is 9.18 Å². The topological polar surface area (TPSA) is 124 Å². The number of primary amides is 1. The van der Waals surface area contributed by atoms with Crippen LogP contribution >= 0.6 is 0 Å². The molecule has 0 aromatic heterocycles. The van der Waals surface area contributed by atoms with Crippen molar-refractivity contribution in [2.45, 2.75) is 56.4 Å². The van der Waals surface area contributed by atoms with Gasteiger partial charge in [0, 0.05) is 37.3 Å². The fourth-order valence-electron chi connectivity index (χ4n) is 5.30. The van der Waals surface area contributed by atoms with Crippen molar-refractivity contribution >= 4 is 17.8 Å². The maximum absolute atomic E-state index is 13.2. The molecule has 0 radical (unpaired) electrons. The van der Waals surface area contributed by atoms with E-state index >= 15 is 0 Å². The number of piperidine rings is 1. The van der Waals surface area contributed by atoms with E-state index in [1.54, 1.807) is 23.1 Å². The van der Waals surface area contributed by atoms with E-state index in [1.165, 1.54) is 17.7 Å². The van der Waals surface area contributed by atoms with Crippen LogP contribution in [0.15, 0.2) is 48.5 Å². The number of carboxylic acids is 1. The molecule has 2 saturated heterocycles. The summed E-state index contributed by atoms with van der Waals surface area (Å²) in [7, 11) is 0. The first-order valence-corrected chi connectivity index (χ1v) is 12.5. The maximum Gasteiger partial charge on any atom is 0.490 e. The summed E-state index contributed by atoms with van der Waals surface area (Å²) in [6, 6.07) is 14.6. The van der Waals surface area contributed by atoms with Gasteiger partial charge in [-0.05, 0) is 67.0 Å². The second-order valence-corrected chi connectivity index (χ2v) is 9.68. The van der Waals surface area contributed by atoms with Crippen LogP contribution < -0.4 is 5.73 Å². The first kappa shape index (κ1) is 30.0. The highest BCUT2D eigenvalue weighted by atomic mass is 19.4. The van der Waals surface area contributed by atoms with Crippen molar-refractivity contribution in [2.75, 3.05) is 19.7 Å². The number of carbonyl (C=O) groups excluding carboxylic acids is 2. The summed E-state index contributed by atoms with van der Waals surface area (Å²) in [5.74, 6) is -3.39. The predicted octanol–water partition coefficient (Wildman–Crippen LogP) is 3.29. The summed E-state index contributed by atoms with van der Waals surface area (Å²) in [5.41, 5.74) is 8.01. The third kappa shape index (κ3) is 8.24. The number of aliphatic hydroxyl groups is 1. The highest BCUT2D eigenvalue weighted by molar-refractivity contribution is 5.92. The predicted molar refractivity (Wildman–Crippen MR) is 133 cm³/mol. The van der Waals surface area contributed by atoms with Crippen molar-refractivity contribution in [3.8, 4) is 0 Å². The van der Waals surface area contributed by atoms with E-state index in [4.69, 9.17) is 15.6 Å². The quantitative estimate of drug-likeness (QED) is 0.431. The number of halogens is 4. The van der Waals surface area contributed by atoms with Crippen LogP contribution in [0.3, 0.4) is 0 Å². The van der Waals surface area contributed by atoms with Crippen molar-refractivity contribution in [3.05, 3.63) is 71.0 Å². The summed E-state index contributed by atoms with van der Waals surface area (Å²) >= 11 is 0. The van der Waals surface area contributed by atoms with Gasteiger partial charge in [0.25, 0.3) is 0 Å². The molecule has 2 aromatic carbocycles. The zero-order chi connectivity index (χ0) is 28.7. The minimum atomic E-state index is -5.08. The molecular weight excluding hydrogens is 522 g/mol. The number of nitrogens with two attached hydrogens (primary N) is 1. The van der Waals surface area contributed by atoms with E-state index in [9.17, 15) is 32.3 Å². The fourth-order valence-corrected chi connectivity index (χ4v) is 5.30. The van der Waals surface area contributed by atoms with Crippen LogP contribution in [0.25, 0.3) is 0 Å².